The Bertz CT molecular complexity index is 704. The number of ether oxygens (including phenoxy) is 1. The van der Waals surface area contributed by atoms with E-state index in [1.54, 1.807) is 6.07 Å². The summed E-state index contributed by atoms with van der Waals surface area (Å²) in [6.45, 7) is 2.59. The molecule has 2 amide bonds. The van der Waals surface area contributed by atoms with Gasteiger partial charge in [-0.1, -0.05) is 29.8 Å². The Hall–Kier alpha value is -1.70. The molecule has 3 N–H and O–H groups in total. The maximum absolute atomic E-state index is 12.5. The topological polar surface area (TPSA) is 71.9 Å². The quantitative estimate of drug-likeness (QED) is 0.672. The molecule has 2 aliphatic heterocycles. The number of benzene rings is 1. The zero-order valence-electron chi connectivity index (χ0n) is 13.9. The van der Waals surface area contributed by atoms with E-state index in [0.29, 0.717) is 28.4 Å². The van der Waals surface area contributed by atoms with Crippen LogP contribution < -0.4 is 15.5 Å². The molecule has 0 spiro atoms. The lowest BCUT2D eigenvalue weighted by Crippen LogP contribution is -3.14. The molecule has 0 bridgehead atoms. The first-order valence-electron chi connectivity index (χ1n) is 8.14. The zero-order valence-corrected chi connectivity index (χ0v) is 15.5. The number of esters is 1. The number of methoxy groups -OCH3 is 1. The van der Waals surface area contributed by atoms with Crippen LogP contribution in [0.4, 0.5) is 4.79 Å². The molecule has 134 valence electrons. The van der Waals surface area contributed by atoms with E-state index in [2.05, 4.69) is 10.6 Å². The standard InChI is InChI=1S/C17H20ClN3O3S/c1-24-16(22)14-13(10-21-6-8-25-9-7-21)19-17(23)20-15(14)11-4-2-3-5-12(11)18/h2-5,15H,6-10H2,1H3,(H2,19,20,23)/p+1/t15-/m0/s1. The maximum Gasteiger partial charge on any atom is 0.338 e. The number of nitrogens with one attached hydrogen (secondary N) is 3. The number of rotatable bonds is 4. The molecule has 1 saturated heterocycles. The van der Waals surface area contributed by atoms with E-state index in [4.69, 9.17) is 16.3 Å². The molecule has 0 aromatic heterocycles. The normalized spacial score (nSPS) is 21.5. The van der Waals surface area contributed by atoms with Gasteiger partial charge in [0.1, 0.15) is 6.54 Å². The van der Waals surface area contributed by atoms with Crippen LogP contribution in [0.15, 0.2) is 35.5 Å². The van der Waals surface area contributed by atoms with Crippen molar-refractivity contribution in [1.29, 1.82) is 0 Å². The van der Waals surface area contributed by atoms with Crippen LogP contribution in [0.1, 0.15) is 11.6 Å². The predicted octanol–water partition coefficient (Wildman–Crippen LogP) is 0.753. The third-order valence-electron chi connectivity index (χ3n) is 4.40. The van der Waals surface area contributed by atoms with Crippen LogP contribution >= 0.6 is 23.4 Å². The van der Waals surface area contributed by atoms with Gasteiger partial charge in [-0.05, 0) is 11.6 Å². The van der Waals surface area contributed by atoms with E-state index in [1.165, 1.54) is 12.0 Å². The monoisotopic (exact) mass is 382 g/mol. The van der Waals surface area contributed by atoms with Crippen LogP contribution in [0.3, 0.4) is 0 Å². The van der Waals surface area contributed by atoms with Gasteiger partial charge in [-0.25, -0.2) is 9.59 Å². The van der Waals surface area contributed by atoms with Crippen molar-refractivity contribution in [2.24, 2.45) is 0 Å². The number of hydrogen-bond donors (Lipinski definition) is 3. The van der Waals surface area contributed by atoms with Gasteiger partial charge in [-0.2, -0.15) is 11.8 Å². The van der Waals surface area contributed by atoms with Crippen molar-refractivity contribution in [1.82, 2.24) is 10.6 Å². The fraction of sp³-hybridized carbons (Fsp3) is 0.412. The SMILES string of the molecule is COC(=O)C1=C(C[NH+]2CCSCC2)NC(=O)N[C@H]1c1ccccc1Cl. The highest BCUT2D eigenvalue weighted by Gasteiger charge is 2.36. The number of hydrogen-bond acceptors (Lipinski definition) is 4. The minimum absolute atomic E-state index is 0.335. The summed E-state index contributed by atoms with van der Waals surface area (Å²) in [5.41, 5.74) is 1.71. The number of amides is 2. The minimum Gasteiger partial charge on any atom is -0.466 e. The van der Waals surface area contributed by atoms with Crippen LogP contribution in [0.5, 0.6) is 0 Å². The van der Waals surface area contributed by atoms with Crippen molar-refractivity contribution in [3.8, 4) is 0 Å². The lowest BCUT2D eigenvalue weighted by molar-refractivity contribution is -0.891. The zero-order chi connectivity index (χ0) is 17.8. The van der Waals surface area contributed by atoms with Gasteiger partial charge in [-0.3, -0.25) is 0 Å². The smallest absolute Gasteiger partial charge is 0.338 e. The Labute approximate surface area is 155 Å². The average Bonchev–Trinajstić information content (AvgIpc) is 2.62. The van der Waals surface area contributed by atoms with E-state index in [-0.39, 0.29) is 6.03 Å². The second-order valence-electron chi connectivity index (χ2n) is 5.98. The largest absolute Gasteiger partial charge is 0.466 e. The Morgan fingerprint density at radius 3 is 2.76 bits per heavy atom. The minimum atomic E-state index is -0.622. The van der Waals surface area contributed by atoms with E-state index < -0.39 is 12.0 Å². The number of quaternary nitrogens is 1. The Kier molecular flexibility index (Phi) is 5.88. The van der Waals surface area contributed by atoms with Gasteiger partial charge in [0.25, 0.3) is 0 Å². The Morgan fingerprint density at radius 2 is 2.08 bits per heavy atom. The molecule has 0 saturated carbocycles. The summed E-state index contributed by atoms with van der Waals surface area (Å²) >= 11 is 8.23. The second-order valence-corrected chi connectivity index (χ2v) is 7.61. The summed E-state index contributed by atoms with van der Waals surface area (Å²) in [7, 11) is 1.34. The first-order valence-corrected chi connectivity index (χ1v) is 9.68. The summed E-state index contributed by atoms with van der Waals surface area (Å²) in [4.78, 5) is 26.0. The number of carbonyl (C=O) groups excluding carboxylic acids is 2. The molecule has 0 radical (unpaired) electrons. The molecular weight excluding hydrogens is 362 g/mol. The highest BCUT2D eigenvalue weighted by atomic mass is 35.5. The molecule has 25 heavy (non-hydrogen) atoms. The van der Waals surface area contributed by atoms with Crippen molar-refractivity contribution >= 4 is 35.4 Å². The molecule has 1 aromatic rings. The highest BCUT2D eigenvalue weighted by molar-refractivity contribution is 7.99. The van der Waals surface area contributed by atoms with E-state index >= 15 is 0 Å². The van der Waals surface area contributed by atoms with Gasteiger partial charge in [0, 0.05) is 16.5 Å². The molecule has 0 unspecified atom stereocenters. The van der Waals surface area contributed by atoms with Crippen LogP contribution in [0.2, 0.25) is 5.02 Å². The van der Waals surface area contributed by atoms with Gasteiger partial charge in [0.05, 0.1) is 37.5 Å². The fourth-order valence-electron chi connectivity index (χ4n) is 3.14. The molecular formula is C17H21ClN3O3S+. The van der Waals surface area contributed by atoms with Gasteiger partial charge in [0.15, 0.2) is 0 Å². The molecule has 2 heterocycles. The summed E-state index contributed by atoms with van der Waals surface area (Å²) in [6, 6.07) is 6.24. The van der Waals surface area contributed by atoms with Gasteiger partial charge < -0.3 is 20.3 Å². The van der Waals surface area contributed by atoms with Crippen LogP contribution in [0.25, 0.3) is 0 Å². The molecule has 1 atom stereocenters. The third-order valence-corrected chi connectivity index (χ3v) is 5.73. The van der Waals surface area contributed by atoms with Gasteiger partial charge >= 0.3 is 12.0 Å². The van der Waals surface area contributed by atoms with Crippen LogP contribution in [0, 0.1) is 0 Å². The molecule has 0 aliphatic carbocycles. The van der Waals surface area contributed by atoms with Crippen LogP contribution in [-0.4, -0.2) is 50.3 Å². The molecule has 1 aromatic carbocycles. The van der Waals surface area contributed by atoms with E-state index in [1.807, 2.05) is 30.0 Å². The molecule has 6 nitrogen and oxygen atoms in total. The number of carbonyl (C=O) groups is 2. The van der Waals surface area contributed by atoms with Crippen molar-refractivity contribution < 1.29 is 19.2 Å². The highest BCUT2D eigenvalue weighted by Crippen LogP contribution is 2.31. The third kappa shape index (κ3) is 4.11. The summed E-state index contributed by atoms with van der Waals surface area (Å²) < 4.78 is 4.99. The summed E-state index contributed by atoms with van der Waals surface area (Å²) in [5, 5.41) is 6.10. The number of halogens is 1. The molecule has 2 aliphatic rings. The van der Waals surface area contributed by atoms with Gasteiger partial charge in [0.2, 0.25) is 0 Å². The molecule has 8 heteroatoms. The predicted molar refractivity (Wildman–Crippen MR) is 97.8 cm³/mol. The summed E-state index contributed by atoms with van der Waals surface area (Å²) in [5.74, 6) is 1.70. The average molecular weight is 383 g/mol. The first-order chi connectivity index (χ1) is 12.1. The van der Waals surface area contributed by atoms with Crippen molar-refractivity contribution in [2.45, 2.75) is 6.04 Å². The van der Waals surface area contributed by atoms with Crippen molar-refractivity contribution in [2.75, 3.05) is 38.2 Å². The van der Waals surface area contributed by atoms with Crippen molar-refractivity contribution in [3.63, 3.8) is 0 Å². The van der Waals surface area contributed by atoms with E-state index in [9.17, 15) is 9.59 Å². The van der Waals surface area contributed by atoms with Crippen LogP contribution in [-0.2, 0) is 9.53 Å². The summed E-state index contributed by atoms with van der Waals surface area (Å²) in [6.07, 6.45) is 0. The molecule has 1 fully saturated rings. The Morgan fingerprint density at radius 1 is 1.36 bits per heavy atom. The number of thioether (sulfide) groups is 1. The lowest BCUT2D eigenvalue weighted by Gasteiger charge is -2.31. The molecule has 3 rings (SSSR count). The lowest BCUT2D eigenvalue weighted by atomic mass is 9.95. The maximum atomic E-state index is 12.5. The number of urea groups is 1. The Balaban J connectivity index is 2.00. The first kappa shape index (κ1) is 18.1. The van der Waals surface area contributed by atoms with Crippen molar-refractivity contribution in [3.05, 3.63) is 46.1 Å². The fourth-order valence-corrected chi connectivity index (χ4v) is 4.45. The second kappa shape index (κ2) is 8.12. The van der Waals surface area contributed by atoms with Gasteiger partial charge in [-0.15, -0.1) is 0 Å². The van der Waals surface area contributed by atoms with E-state index in [0.717, 1.165) is 24.6 Å².